The number of nitriles is 1. The zero-order valence-corrected chi connectivity index (χ0v) is 9.70. The van der Waals surface area contributed by atoms with Crippen molar-refractivity contribution in [1.29, 1.82) is 5.26 Å². The lowest BCUT2D eigenvalue weighted by Gasteiger charge is -2.22. The molecule has 0 spiro atoms. The van der Waals surface area contributed by atoms with Crippen molar-refractivity contribution in [1.82, 2.24) is 20.1 Å². The molecule has 0 aliphatic heterocycles. The van der Waals surface area contributed by atoms with Crippen LogP contribution in [-0.2, 0) is 6.54 Å². The van der Waals surface area contributed by atoms with E-state index < -0.39 is 5.54 Å². The van der Waals surface area contributed by atoms with Gasteiger partial charge in [0.15, 0.2) is 0 Å². The molecule has 1 N–H and O–H groups in total. The summed E-state index contributed by atoms with van der Waals surface area (Å²) in [5, 5.41) is 16.5. The maximum atomic E-state index is 9.10. The van der Waals surface area contributed by atoms with Gasteiger partial charge in [0.25, 0.3) is 0 Å². The average molecular weight is 207 g/mol. The molecule has 1 aromatic heterocycles. The fourth-order valence-electron chi connectivity index (χ4n) is 1.53. The van der Waals surface area contributed by atoms with Crippen molar-refractivity contribution in [2.24, 2.45) is 0 Å². The number of aryl methyl sites for hydroxylation is 2. The first-order valence-corrected chi connectivity index (χ1v) is 5.05. The van der Waals surface area contributed by atoms with Crippen LogP contribution in [0.25, 0.3) is 0 Å². The highest BCUT2D eigenvalue weighted by molar-refractivity contribution is 5.04. The second-order valence-corrected chi connectivity index (χ2v) is 3.84. The van der Waals surface area contributed by atoms with Crippen LogP contribution in [0.5, 0.6) is 0 Å². The lowest BCUT2D eigenvalue weighted by Crippen LogP contribution is -2.45. The quantitative estimate of drug-likeness (QED) is 0.792. The predicted octanol–water partition coefficient (Wildman–Crippen LogP) is 0.787. The zero-order chi connectivity index (χ0) is 11.5. The molecule has 1 unspecified atom stereocenters. The molecule has 0 fully saturated rings. The van der Waals surface area contributed by atoms with E-state index in [0.717, 1.165) is 18.2 Å². The normalized spacial score (nSPS) is 14.6. The van der Waals surface area contributed by atoms with Gasteiger partial charge in [-0.25, -0.2) is 9.67 Å². The largest absolute Gasteiger partial charge is 0.298 e. The molecule has 0 amide bonds. The van der Waals surface area contributed by atoms with Crippen molar-refractivity contribution in [3.63, 3.8) is 0 Å². The molecule has 0 aliphatic carbocycles. The van der Waals surface area contributed by atoms with Crippen LogP contribution in [0.4, 0.5) is 0 Å². The maximum absolute atomic E-state index is 9.10. The molecule has 0 radical (unpaired) electrons. The van der Waals surface area contributed by atoms with E-state index in [4.69, 9.17) is 5.26 Å². The van der Waals surface area contributed by atoms with Gasteiger partial charge in [-0.05, 0) is 27.3 Å². The minimum atomic E-state index is -0.584. The van der Waals surface area contributed by atoms with Gasteiger partial charge in [-0.15, -0.1) is 0 Å². The van der Waals surface area contributed by atoms with Crippen molar-refractivity contribution >= 4 is 0 Å². The number of hydrogen-bond acceptors (Lipinski definition) is 4. The Hall–Kier alpha value is -1.41. The molecule has 5 heteroatoms. The van der Waals surface area contributed by atoms with Crippen molar-refractivity contribution in [2.45, 2.75) is 39.8 Å². The van der Waals surface area contributed by atoms with Gasteiger partial charge in [0.1, 0.15) is 17.2 Å². The van der Waals surface area contributed by atoms with Crippen molar-refractivity contribution in [3.05, 3.63) is 11.6 Å². The predicted molar refractivity (Wildman–Crippen MR) is 57.2 cm³/mol. The number of nitrogens with one attached hydrogen (secondary N) is 1. The summed E-state index contributed by atoms with van der Waals surface area (Å²) in [6, 6.07) is 2.26. The molecule has 1 atom stereocenters. The van der Waals surface area contributed by atoms with E-state index in [9.17, 15) is 0 Å². The third kappa shape index (κ3) is 2.77. The SMILES string of the molecule is CCNC(C)(C#N)Cn1nc(C)nc1C. The standard InChI is InChI=1S/C10H17N5/c1-5-12-10(4,6-11)7-15-9(3)13-8(2)14-15/h12H,5,7H2,1-4H3. The van der Waals surface area contributed by atoms with Crippen LogP contribution in [0, 0.1) is 25.2 Å². The van der Waals surface area contributed by atoms with Gasteiger partial charge < -0.3 is 0 Å². The Morgan fingerprint density at radius 1 is 1.53 bits per heavy atom. The highest BCUT2D eigenvalue weighted by Crippen LogP contribution is 2.07. The van der Waals surface area contributed by atoms with Crippen LogP contribution in [-0.4, -0.2) is 26.8 Å². The molecule has 0 aromatic carbocycles. The van der Waals surface area contributed by atoms with Gasteiger partial charge in [-0.1, -0.05) is 6.92 Å². The molecule has 0 bridgehead atoms. The first kappa shape index (κ1) is 11.7. The number of hydrogen-bond donors (Lipinski definition) is 1. The zero-order valence-electron chi connectivity index (χ0n) is 9.70. The van der Waals surface area contributed by atoms with E-state index in [-0.39, 0.29) is 0 Å². The van der Waals surface area contributed by atoms with E-state index in [1.54, 1.807) is 4.68 Å². The molecule has 0 saturated carbocycles. The molecule has 15 heavy (non-hydrogen) atoms. The Morgan fingerprint density at radius 2 is 2.20 bits per heavy atom. The van der Waals surface area contributed by atoms with E-state index in [0.29, 0.717) is 6.54 Å². The van der Waals surface area contributed by atoms with Crippen molar-refractivity contribution in [3.8, 4) is 6.07 Å². The maximum Gasteiger partial charge on any atom is 0.147 e. The van der Waals surface area contributed by atoms with E-state index in [1.807, 2.05) is 27.7 Å². The number of nitrogens with zero attached hydrogens (tertiary/aromatic N) is 4. The first-order valence-electron chi connectivity index (χ1n) is 5.05. The van der Waals surface area contributed by atoms with Crippen molar-refractivity contribution < 1.29 is 0 Å². The summed E-state index contributed by atoms with van der Waals surface area (Å²) in [5.41, 5.74) is -0.584. The van der Waals surface area contributed by atoms with Gasteiger partial charge in [0.2, 0.25) is 0 Å². The first-order chi connectivity index (χ1) is 7.00. The number of aromatic nitrogens is 3. The van der Waals surface area contributed by atoms with Gasteiger partial charge in [-0.3, -0.25) is 5.32 Å². The number of rotatable bonds is 4. The minimum absolute atomic E-state index is 0.518. The van der Waals surface area contributed by atoms with Gasteiger partial charge in [0.05, 0.1) is 12.6 Å². The molecule has 1 aromatic rings. The molecular weight excluding hydrogens is 190 g/mol. The van der Waals surface area contributed by atoms with E-state index in [1.165, 1.54) is 0 Å². The van der Waals surface area contributed by atoms with E-state index >= 15 is 0 Å². The Kier molecular flexibility index (Phi) is 3.43. The molecule has 1 heterocycles. The Morgan fingerprint density at radius 3 is 2.60 bits per heavy atom. The second kappa shape index (κ2) is 4.41. The monoisotopic (exact) mass is 207 g/mol. The summed E-state index contributed by atoms with van der Waals surface area (Å²) in [4.78, 5) is 4.20. The molecular formula is C10H17N5. The summed E-state index contributed by atoms with van der Waals surface area (Å²) in [6.45, 7) is 8.87. The minimum Gasteiger partial charge on any atom is -0.298 e. The van der Waals surface area contributed by atoms with Crippen molar-refractivity contribution in [2.75, 3.05) is 6.54 Å². The van der Waals surface area contributed by atoms with Gasteiger partial charge >= 0.3 is 0 Å². The van der Waals surface area contributed by atoms with Gasteiger partial charge in [0, 0.05) is 0 Å². The Labute approximate surface area is 90.1 Å². The summed E-state index contributed by atoms with van der Waals surface area (Å²) in [6.07, 6.45) is 0. The third-order valence-corrected chi connectivity index (χ3v) is 2.24. The lowest BCUT2D eigenvalue weighted by atomic mass is 10.1. The lowest BCUT2D eigenvalue weighted by molar-refractivity contribution is 0.372. The molecule has 1 rings (SSSR count). The second-order valence-electron chi connectivity index (χ2n) is 3.84. The average Bonchev–Trinajstić information content (AvgIpc) is 2.45. The van der Waals surface area contributed by atoms with Crippen LogP contribution < -0.4 is 5.32 Å². The van der Waals surface area contributed by atoms with Crippen LogP contribution in [0.3, 0.4) is 0 Å². The molecule has 5 nitrogen and oxygen atoms in total. The third-order valence-electron chi connectivity index (χ3n) is 2.24. The fraction of sp³-hybridized carbons (Fsp3) is 0.700. The summed E-state index contributed by atoms with van der Waals surface area (Å²) >= 11 is 0. The molecule has 0 saturated heterocycles. The summed E-state index contributed by atoms with van der Waals surface area (Å²) in [5.74, 6) is 1.58. The topological polar surface area (TPSA) is 66.5 Å². The van der Waals surface area contributed by atoms with Crippen LogP contribution in [0.1, 0.15) is 25.5 Å². The smallest absolute Gasteiger partial charge is 0.147 e. The highest BCUT2D eigenvalue weighted by Gasteiger charge is 2.24. The van der Waals surface area contributed by atoms with Crippen LogP contribution >= 0.6 is 0 Å². The van der Waals surface area contributed by atoms with Gasteiger partial charge in [-0.2, -0.15) is 10.4 Å². The Balaban J connectivity index is 2.84. The Bertz CT molecular complexity index is 376. The van der Waals surface area contributed by atoms with Crippen LogP contribution in [0.2, 0.25) is 0 Å². The fourth-order valence-corrected chi connectivity index (χ4v) is 1.53. The number of likely N-dealkylation sites (N-methyl/N-ethyl adjacent to an activating group) is 1. The summed E-state index contributed by atoms with van der Waals surface area (Å²) in [7, 11) is 0. The van der Waals surface area contributed by atoms with Crippen LogP contribution in [0.15, 0.2) is 0 Å². The summed E-state index contributed by atoms with van der Waals surface area (Å²) < 4.78 is 1.77. The van der Waals surface area contributed by atoms with E-state index in [2.05, 4.69) is 21.5 Å². The molecule has 0 aliphatic rings. The molecule has 82 valence electrons. The highest BCUT2D eigenvalue weighted by atomic mass is 15.4.